The van der Waals surface area contributed by atoms with Crippen LogP contribution in [-0.4, -0.2) is 19.7 Å². The van der Waals surface area contributed by atoms with E-state index in [1.165, 1.54) is 19.3 Å². The third-order valence-corrected chi connectivity index (χ3v) is 0.956. The average Bonchev–Trinajstić information content (AvgIpc) is 2.03. The SMILES string of the molecule is C=C/C=C(\OCC)C(=O)OC. The van der Waals surface area contributed by atoms with Crippen molar-refractivity contribution in [3.8, 4) is 0 Å². The maximum Gasteiger partial charge on any atom is 0.373 e. The zero-order chi connectivity index (χ0) is 8.69. The lowest BCUT2D eigenvalue weighted by atomic mass is 10.4. The van der Waals surface area contributed by atoms with Crippen LogP contribution in [0.2, 0.25) is 0 Å². The highest BCUT2D eigenvalue weighted by atomic mass is 16.6. The van der Waals surface area contributed by atoms with Gasteiger partial charge in [0.1, 0.15) is 0 Å². The van der Waals surface area contributed by atoms with Crippen LogP contribution in [0, 0.1) is 0 Å². The first kappa shape index (κ1) is 9.75. The van der Waals surface area contributed by atoms with E-state index >= 15 is 0 Å². The Morgan fingerprint density at radius 2 is 2.27 bits per heavy atom. The molecule has 11 heavy (non-hydrogen) atoms. The van der Waals surface area contributed by atoms with Crippen LogP contribution in [0.3, 0.4) is 0 Å². The van der Waals surface area contributed by atoms with Crippen LogP contribution in [-0.2, 0) is 14.3 Å². The van der Waals surface area contributed by atoms with Crippen molar-refractivity contribution in [1.29, 1.82) is 0 Å². The molecule has 0 atom stereocenters. The van der Waals surface area contributed by atoms with Crippen LogP contribution < -0.4 is 0 Å². The quantitative estimate of drug-likeness (QED) is 0.266. The van der Waals surface area contributed by atoms with Gasteiger partial charge in [-0.25, -0.2) is 4.79 Å². The van der Waals surface area contributed by atoms with Crippen LogP contribution in [0.5, 0.6) is 0 Å². The normalized spacial score (nSPS) is 10.5. The molecule has 3 heteroatoms. The van der Waals surface area contributed by atoms with Crippen LogP contribution in [0.4, 0.5) is 0 Å². The lowest BCUT2D eigenvalue weighted by Gasteiger charge is -2.03. The summed E-state index contributed by atoms with van der Waals surface area (Å²) in [5.41, 5.74) is 0. The molecule has 0 radical (unpaired) electrons. The van der Waals surface area contributed by atoms with Crippen LogP contribution in [0.15, 0.2) is 24.5 Å². The lowest BCUT2D eigenvalue weighted by Crippen LogP contribution is -2.07. The Kier molecular flexibility index (Phi) is 4.90. The Morgan fingerprint density at radius 1 is 1.64 bits per heavy atom. The molecule has 0 aromatic heterocycles. The van der Waals surface area contributed by atoms with Crippen molar-refractivity contribution in [3.05, 3.63) is 24.5 Å². The predicted octanol–water partition coefficient (Wildman–Crippen LogP) is 1.27. The Morgan fingerprint density at radius 3 is 2.64 bits per heavy atom. The number of methoxy groups -OCH3 is 1. The van der Waals surface area contributed by atoms with Crippen molar-refractivity contribution < 1.29 is 14.3 Å². The maximum absolute atomic E-state index is 10.8. The molecule has 0 unspecified atom stereocenters. The van der Waals surface area contributed by atoms with Gasteiger partial charge < -0.3 is 9.47 Å². The lowest BCUT2D eigenvalue weighted by molar-refractivity contribution is -0.140. The van der Waals surface area contributed by atoms with Gasteiger partial charge in [-0.1, -0.05) is 12.7 Å². The molecule has 0 aliphatic heterocycles. The van der Waals surface area contributed by atoms with Crippen molar-refractivity contribution in [2.75, 3.05) is 13.7 Å². The number of carbonyl (C=O) groups excluding carboxylic acids is 1. The Bertz CT molecular complexity index is 170. The van der Waals surface area contributed by atoms with Gasteiger partial charge in [0.25, 0.3) is 0 Å². The molecule has 0 amide bonds. The van der Waals surface area contributed by atoms with E-state index in [1.807, 2.05) is 0 Å². The predicted molar refractivity (Wildman–Crippen MR) is 41.9 cm³/mol. The summed E-state index contributed by atoms with van der Waals surface area (Å²) in [5.74, 6) is -0.295. The topological polar surface area (TPSA) is 35.5 Å². The molecule has 0 aromatic rings. The van der Waals surface area contributed by atoms with Crippen LogP contribution in [0.25, 0.3) is 0 Å². The highest BCUT2D eigenvalue weighted by Gasteiger charge is 2.07. The molecule has 0 aromatic carbocycles. The molecule has 0 bridgehead atoms. The van der Waals surface area contributed by atoms with Crippen LogP contribution >= 0.6 is 0 Å². The average molecular weight is 156 g/mol. The molecule has 0 heterocycles. The summed E-state index contributed by atoms with van der Waals surface area (Å²) in [7, 11) is 1.30. The van der Waals surface area contributed by atoms with E-state index in [2.05, 4.69) is 11.3 Å². The summed E-state index contributed by atoms with van der Waals surface area (Å²) >= 11 is 0. The second-order valence-corrected chi connectivity index (χ2v) is 1.69. The second-order valence-electron chi connectivity index (χ2n) is 1.69. The van der Waals surface area contributed by atoms with Gasteiger partial charge in [0, 0.05) is 0 Å². The van der Waals surface area contributed by atoms with E-state index in [1.54, 1.807) is 6.92 Å². The number of allylic oxidation sites excluding steroid dienone is 2. The Balaban J connectivity index is 4.20. The summed E-state index contributed by atoms with van der Waals surface area (Å²) < 4.78 is 9.39. The van der Waals surface area contributed by atoms with Gasteiger partial charge in [-0.05, 0) is 13.0 Å². The summed E-state index contributed by atoms with van der Waals surface area (Å²) in [4.78, 5) is 10.8. The van der Waals surface area contributed by atoms with Crippen molar-refractivity contribution >= 4 is 5.97 Å². The van der Waals surface area contributed by atoms with Gasteiger partial charge in [0.15, 0.2) is 0 Å². The highest BCUT2D eigenvalue weighted by Crippen LogP contribution is 1.99. The first-order chi connectivity index (χ1) is 5.26. The van der Waals surface area contributed by atoms with E-state index in [4.69, 9.17) is 4.74 Å². The van der Waals surface area contributed by atoms with Crippen LogP contribution in [0.1, 0.15) is 6.92 Å². The molecule has 0 aliphatic rings. The van der Waals surface area contributed by atoms with Crippen molar-refractivity contribution in [3.63, 3.8) is 0 Å². The van der Waals surface area contributed by atoms with Gasteiger partial charge in [0.05, 0.1) is 13.7 Å². The molecule has 0 N–H and O–H groups in total. The molecular weight excluding hydrogens is 144 g/mol. The van der Waals surface area contributed by atoms with E-state index in [9.17, 15) is 4.79 Å². The minimum atomic E-state index is -0.480. The second kappa shape index (κ2) is 5.53. The number of esters is 1. The molecule has 62 valence electrons. The first-order valence-electron chi connectivity index (χ1n) is 3.30. The van der Waals surface area contributed by atoms with E-state index < -0.39 is 5.97 Å². The van der Waals surface area contributed by atoms with Crippen molar-refractivity contribution in [2.45, 2.75) is 6.92 Å². The van der Waals surface area contributed by atoms with Gasteiger partial charge in [0.2, 0.25) is 5.76 Å². The zero-order valence-corrected chi connectivity index (χ0v) is 6.79. The number of carbonyl (C=O) groups is 1. The number of hydrogen-bond donors (Lipinski definition) is 0. The minimum Gasteiger partial charge on any atom is -0.487 e. The molecule has 0 saturated carbocycles. The maximum atomic E-state index is 10.8. The fraction of sp³-hybridized carbons (Fsp3) is 0.375. The Hall–Kier alpha value is -1.25. The largest absolute Gasteiger partial charge is 0.487 e. The van der Waals surface area contributed by atoms with E-state index in [-0.39, 0.29) is 5.76 Å². The summed E-state index contributed by atoms with van der Waals surface area (Å²) in [6.45, 7) is 5.67. The Labute approximate surface area is 66.3 Å². The van der Waals surface area contributed by atoms with Gasteiger partial charge in [-0.2, -0.15) is 0 Å². The monoisotopic (exact) mass is 156 g/mol. The summed E-state index contributed by atoms with van der Waals surface area (Å²) in [6.07, 6.45) is 2.94. The molecular formula is C8H12O3. The molecule has 3 nitrogen and oxygen atoms in total. The number of ether oxygens (including phenoxy) is 2. The molecule has 0 aliphatic carbocycles. The standard InChI is InChI=1S/C8H12O3/c1-4-6-7(11-5-2)8(9)10-3/h4,6H,1,5H2,2-3H3/b7-6-. The van der Waals surface area contributed by atoms with Gasteiger partial charge in [-0.3, -0.25) is 0 Å². The summed E-state index contributed by atoms with van der Waals surface area (Å²) in [6, 6.07) is 0. The molecule has 0 spiro atoms. The molecule has 0 rings (SSSR count). The van der Waals surface area contributed by atoms with Crippen molar-refractivity contribution in [2.24, 2.45) is 0 Å². The van der Waals surface area contributed by atoms with E-state index in [0.29, 0.717) is 6.61 Å². The fourth-order valence-corrected chi connectivity index (χ4v) is 0.538. The minimum absolute atomic E-state index is 0.185. The third-order valence-electron chi connectivity index (χ3n) is 0.956. The first-order valence-corrected chi connectivity index (χ1v) is 3.30. The molecule has 0 saturated heterocycles. The smallest absolute Gasteiger partial charge is 0.373 e. The number of rotatable bonds is 4. The highest BCUT2D eigenvalue weighted by molar-refractivity contribution is 5.86. The zero-order valence-electron chi connectivity index (χ0n) is 6.79. The van der Waals surface area contributed by atoms with Crippen molar-refractivity contribution in [1.82, 2.24) is 0 Å². The fourth-order valence-electron chi connectivity index (χ4n) is 0.538. The third kappa shape index (κ3) is 3.45. The van der Waals surface area contributed by atoms with Gasteiger partial charge >= 0.3 is 5.97 Å². The summed E-state index contributed by atoms with van der Waals surface area (Å²) in [5, 5.41) is 0. The van der Waals surface area contributed by atoms with Gasteiger partial charge in [-0.15, -0.1) is 0 Å². The molecule has 0 fully saturated rings. The number of hydrogen-bond acceptors (Lipinski definition) is 3. The van der Waals surface area contributed by atoms with E-state index in [0.717, 1.165) is 0 Å².